The molecule has 0 radical (unpaired) electrons. The van der Waals surface area contributed by atoms with Gasteiger partial charge in [0.2, 0.25) is 0 Å². The van der Waals surface area contributed by atoms with Crippen LogP contribution in [0.3, 0.4) is 0 Å². The molecule has 2 aromatic carbocycles. The van der Waals surface area contributed by atoms with Gasteiger partial charge in [-0.2, -0.15) is 0 Å². The SMILES string of the molecule is CC(C)(C)OC(=O)N1CCN(C(=O)N2CC(NC(=O)c3ccccc3)CC(c3ccc(OC(F)(F)F)cc3)C2)CC1. The van der Waals surface area contributed by atoms with Crippen LogP contribution in [0.25, 0.3) is 0 Å². The average molecular weight is 577 g/mol. The van der Waals surface area contributed by atoms with Gasteiger partial charge >= 0.3 is 18.5 Å². The Morgan fingerprint density at radius 3 is 2.02 bits per heavy atom. The van der Waals surface area contributed by atoms with Crippen molar-refractivity contribution in [1.29, 1.82) is 0 Å². The molecule has 2 heterocycles. The van der Waals surface area contributed by atoms with Gasteiger partial charge in [0.25, 0.3) is 5.91 Å². The van der Waals surface area contributed by atoms with Crippen molar-refractivity contribution in [2.45, 2.75) is 51.1 Å². The molecule has 4 rings (SSSR count). The number of piperidine rings is 1. The number of urea groups is 1. The number of nitrogens with one attached hydrogen (secondary N) is 1. The van der Waals surface area contributed by atoms with Crippen LogP contribution in [0.4, 0.5) is 22.8 Å². The second-order valence-corrected chi connectivity index (χ2v) is 11.2. The summed E-state index contributed by atoms with van der Waals surface area (Å²) in [7, 11) is 0. The zero-order chi connectivity index (χ0) is 29.8. The van der Waals surface area contributed by atoms with Crippen LogP contribution in [0.2, 0.25) is 0 Å². The smallest absolute Gasteiger partial charge is 0.444 e. The zero-order valence-electron chi connectivity index (χ0n) is 23.3. The number of hydrogen-bond acceptors (Lipinski definition) is 5. The molecule has 2 aliphatic heterocycles. The fraction of sp³-hybridized carbons (Fsp3) is 0.483. The van der Waals surface area contributed by atoms with E-state index in [1.807, 2.05) is 6.07 Å². The molecule has 2 fully saturated rings. The van der Waals surface area contributed by atoms with Crippen LogP contribution in [0.1, 0.15) is 49.0 Å². The van der Waals surface area contributed by atoms with Gasteiger partial charge in [0, 0.05) is 56.8 Å². The summed E-state index contributed by atoms with van der Waals surface area (Å²) in [6.07, 6.45) is -4.73. The summed E-state index contributed by atoms with van der Waals surface area (Å²) < 4.78 is 47.3. The predicted molar refractivity (Wildman–Crippen MR) is 145 cm³/mol. The van der Waals surface area contributed by atoms with Crippen LogP contribution >= 0.6 is 0 Å². The van der Waals surface area contributed by atoms with E-state index in [1.165, 1.54) is 12.1 Å². The van der Waals surface area contributed by atoms with Gasteiger partial charge in [-0.05, 0) is 57.0 Å². The summed E-state index contributed by atoms with van der Waals surface area (Å²) >= 11 is 0. The molecule has 0 aromatic heterocycles. The van der Waals surface area contributed by atoms with Crippen LogP contribution < -0.4 is 10.1 Å². The number of nitrogens with zero attached hydrogens (tertiary/aromatic N) is 3. The molecular weight excluding hydrogens is 541 g/mol. The summed E-state index contributed by atoms with van der Waals surface area (Å²) in [6, 6.07) is 13.7. The van der Waals surface area contributed by atoms with Crippen molar-refractivity contribution >= 4 is 18.0 Å². The van der Waals surface area contributed by atoms with Crippen molar-refractivity contribution < 1.29 is 37.0 Å². The predicted octanol–water partition coefficient (Wildman–Crippen LogP) is 4.85. The lowest BCUT2D eigenvalue weighted by Crippen LogP contribution is -2.58. The highest BCUT2D eigenvalue weighted by molar-refractivity contribution is 5.94. The number of carbonyl (C=O) groups excluding carboxylic acids is 3. The molecule has 2 aliphatic rings. The summed E-state index contributed by atoms with van der Waals surface area (Å²) in [5.74, 6) is -0.845. The van der Waals surface area contributed by atoms with E-state index >= 15 is 0 Å². The lowest BCUT2D eigenvalue weighted by Gasteiger charge is -2.42. The van der Waals surface area contributed by atoms with Crippen molar-refractivity contribution in [3.05, 3.63) is 65.7 Å². The number of halogens is 3. The molecule has 0 aliphatic carbocycles. The molecule has 9 nitrogen and oxygen atoms in total. The Balaban J connectivity index is 1.46. The average Bonchev–Trinajstić information content (AvgIpc) is 2.91. The van der Waals surface area contributed by atoms with Gasteiger partial charge in [-0.25, -0.2) is 9.59 Å². The third kappa shape index (κ3) is 8.51. The second-order valence-electron chi connectivity index (χ2n) is 11.2. The molecule has 0 spiro atoms. The number of carbonyl (C=O) groups is 3. The Bertz CT molecular complexity index is 1210. The number of likely N-dealkylation sites (tertiary alicyclic amines) is 1. The van der Waals surface area contributed by atoms with Gasteiger partial charge in [0.05, 0.1) is 0 Å². The fourth-order valence-corrected chi connectivity index (χ4v) is 5.01. The van der Waals surface area contributed by atoms with Crippen molar-refractivity contribution in [2.24, 2.45) is 0 Å². The largest absolute Gasteiger partial charge is 0.573 e. The minimum Gasteiger partial charge on any atom is -0.444 e. The number of hydrogen-bond donors (Lipinski definition) is 1. The minimum absolute atomic E-state index is 0.227. The molecule has 12 heteroatoms. The van der Waals surface area contributed by atoms with Gasteiger partial charge in [0.1, 0.15) is 11.4 Å². The standard InChI is InChI=1S/C29H35F3N4O5/c1-28(2,3)41-27(39)35-15-13-34(14-16-35)26(38)36-18-22(20-9-11-24(12-10-20)40-29(30,31)32)17-23(19-36)33-25(37)21-7-5-4-6-8-21/h4-12,22-23H,13-19H2,1-3H3,(H,33,37). The van der Waals surface area contributed by atoms with E-state index in [2.05, 4.69) is 10.1 Å². The van der Waals surface area contributed by atoms with Crippen molar-refractivity contribution in [1.82, 2.24) is 20.0 Å². The van der Waals surface area contributed by atoms with Gasteiger partial charge in [0.15, 0.2) is 0 Å². The minimum atomic E-state index is -4.80. The van der Waals surface area contributed by atoms with Gasteiger partial charge in [-0.3, -0.25) is 4.79 Å². The van der Waals surface area contributed by atoms with Crippen LogP contribution in [-0.2, 0) is 4.74 Å². The summed E-state index contributed by atoms with van der Waals surface area (Å²) in [5, 5.41) is 3.01. The highest BCUT2D eigenvalue weighted by Crippen LogP contribution is 2.31. The van der Waals surface area contributed by atoms with E-state index < -0.39 is 18.1 Å². The van der Waals surface area contributed by atoms with E-state index in [0.29, 0.717) is 44.7 Å². The maximum Gasteiger partial charge on any atom is 0.573 e. The maximum absolute atomic E-state index is 13.6. The highest BCUT2D eigenvalue weighted by atomic mass is 19.4. The Morgan fingerprint density at radius 2 is 1.44 bits per heavy atom. The summed E-state index contributed by atoms with van der Waals surface area (Å²) in [6.45, 7) is 7.27. The number of benzene rings is 2. The third-order valence-electron chi connectivity index (χ3n) is 6.88. The molecule has 222 valence electrons. The molecule has 2 atom stereocenters. The Labute approximate surface area is 237 Å². The number of piperazine rings is 1. The van der Waals surface area contributed by atoms with Gasteiger partial charge in [-0.15, -0.1) is 13.2 Å². The van der Waals surface area contributed by atoms with E-state index in [0.717, 1.165) is 5.56 Å². The molecule has 1 N–H and O–H groups in total. The van der Waals surface area contributed by atoms with Crippen molar-refractivity contribution in [3.63, 3.8) is 0 Å². The normalized spacial score (nSPS) is 19.9. The molecule has 0 saturated carbocycles. The molecule has 2 unspecified atom stereocenters. The number of ether oxygens (including phenoxy) is 2. The number of alkyl halides is 3. The zero-order valence-corrected chi connectivity index (χ0v) is 23.3. The first-order valence-corrected chi connectivity index (χ1v) is 13.5. The molecule has 4 amide bonds. The highest BCUT2D eigenvalue weighted by Gasteiger charge is 2.36. The molecule has 41 heavy (non-hydrogen) atoms. The molecule has 0 bridgehead atoms. The summed E-state index contributed by atoms with van der Waals surface area (Å²) in [5.41, 5.74) is 0.591. The first kappa shape index (κ1) is 30.0. The van der Waals surface area contributed by atoms with Gasteiger partial charge < -0.3 is 29.5 Å². The van der Waals surface area contributed by atoms with Crippen molar-refractivity contribution in [3.8, 4) is 5.75 Å². The van der Waals surface area contributed by atoms with Crippen LogP contribution in [0, 0.1) is 0 Å². The lowest BCUT2D eigenvalue weighted by atomic mass is 9.88. The van der Waals surface area contributed by atoms with E-state index in [-0.39, 0.29) is 36.2 Å². The second kappa shape index (κ2) is 12.3. The Hall–Kier alpha value is -3.96. The quantitative estimate of drug-likeness (QED) is 0.562. The molecule has 2 aromatic rings. The lowest BCUT2D eigenvalue weighted by molar-refractivity contribution is -0.274. The fourth-order valence-electron chi connectivity index (χ4n) is 5.01. The van der Waals surface area contributed by atoms with Gasteiger partial charge in [-0.1, -0.05) is 30.3 Å². The first-order valence-electron chi connectivity index (χ1n) is 13.5. The van der Waals surface area contributed by atoms with Crippen LogP contribution in [0.15, 0.2) is 54.6 Å². The molecular formula is C29H35F3N4O5. The summed E-state index contributed by atoms with van der Waals surface area (Å²) in [4.78, 5) is 43.9. The third-order valence-corrected chi connectivity index (χ3v) is 6.88. The molecule has 2 saturated heterocycles. The monoisotopic (exact) mass is 576 g/mol. The number of amides is 4. The Kier molecular flexibility index (Phi) is 8.98. The van der Waals surface area contributed by atoms with Crippen LogP contribution in [-0.4, -0.2) is 90.0 Å². The van der Waals surface area contributed by atoms with E-state index in [4.69, 9.17) is 4.74 Å². The Morgan fingerprint density at radius 1 is 0.829 bits per heavy atom. The van der Waals surface area contributed by atoms with Crippen molar-refractivity contribution in [2.75, 3.05) is 39.3 Å². The topological polar surface area (TPSA) is 91.4 Å². The maximum atomic E-state index is 13.6. The van der Waals surface area contributed by atoms with E-state index in [9.17, 15) is 27.6 Å². The first-order chi connectivity index (χ1) is 19.3. The van der Waals surface area contributed by atoms with E-state index in [1.54, 1.807) is 71.9 Å². The number of rotatable bonds is 4. The van der Waals surface area contributed by atoms with Crippen LogP contribution in [0.5, 0.6) is 5.75 Å².